The van der Waals surface area contributed by atoms with Crippen LogP contribution in [0.2, 0.25) is 0 Å². The Morgan fingerprint density at radius 2 is 1.71 bits per heavy atom. The molecule has 2 aliphatic rings. The van der Waals surface area contributed by atoms with Crippen LogP contribution in [0.15, 0.2) is 24.3 Å². The Balaban J connectivity index is 1.47. The summed E-state index contributed by atoms with van der Waals surface area (Å²) in [6, 6.07) is 7.76. The van der Waals surface area contributed by atoms with Gasteiger partial charge in [0.1, 0.15) is 0 Å². The van der Waals surface area contributed by atoms with Crippen LogP contribution in [0.25, 0.3) is 0 Å². The van der Waals surface area contributed by atoms with Crippen molar-refractivity contribution >= 4 is 5.97 Å². The largest absolute Gasteiger partial charge is 0.465 e. The maximum atomic E-state index is 11.4. The van der Waals surface area contributed by atoms with Crippen molar-refractivity contribution in [3.05, 3.63) is 35.4 Å². The molecule has 1 saturated carbocycles. The first kappa shape index (κ1) is 14.5. The lowest BCUT2D eigenvalue weighted by molar-refractivity contribution is 0.0600. The van der Waals surface area contributed by atoms with Gasteiger partial charge in [-0.15, -0.1) is 0 Å². The zero-order valence-corrected chi connectivity index (χ0v) is 12.8. The first-order chi connectivity index (χ1) is 10.2. The summed E-state index contributed by atoms with van der Waals surface area (Å²) in [6.07, 6.45) is 2.87. The van der Waals surface area contributed by atoms with Crippen LogP contribution >= 0.6 is 0 Å². The molecular weight excluding hydrogens is 264 g/mol. The van der Waals surface area contributed by atoms with Gasteiger partial charge in [0.25, 0.3) is 0 Å². The van der Waals surface area contributed by atoms with Gasteiger partial charge in [-0.25, -0.2) is 4.79 Å². The summed E-state index contributed by atoms with van der Waals surface area (Å²) in [5, 5.41) is 0. The number of carbonyl (C=O) groups is 1. The number of ether oxygens (including phenoxy) is 1. The molecule has 1 aromatic rings. The summed E-state index contributed by atoms with van der Waals surface area (Å²) in [5.41, 5.74) is 1.88. The number of hydrogen-bond donors (Lipinski definition) is 0. The Kier molecular flexibility index (Phi) is 4.56. The van der Waals surface area contributed by atoms with Crippen LogP contribution in [-0.2, 0) is 11.3 Å². The zero-order valence-electron chi connectivity index (χ0n) is 12.8. The second-order valence-electron chi connectivity index (χ2n) is 6.21. The summed E-state index contributed by atoms with van der Waals surface area (Å²) in [5.74, 6) is 0.720. The van der Waals surface area contributed by atoms with Gasteiger partial charge in [0, 0.05) is 39.3 Å². The van der Waals surface area contributed by atoms with Crippen LogP contribution in [0, 0.1) is 5.92 Å². The van der Waals surface area contributed by atoms with Crippen LogP contribution in [0.1, 0.15) is 28.8 Å². The average molecular weight is 288 g/mol. The highest BCUT2D eigenvalue weighted by Crippen LogP contribution is 2.29. The molecule has 0 bridgehead atoms. The first-order valence-corrected chi connectivity index (χ1v) is 7.86. The molecule has 2 fully saturated rings. The van der Waals surface area contributed by atoms with Crippen molar-refractivity contribution in [2.45, 2.75) is 19.4 Å². The first-order valence-electron chi connectivity index (χ1n) is 7.86. The van der Waals surface area contributed by atoms with Crippen LogP contribution < -0.4 is 0 Å². The number of rotatable bonds is 5. The topological polar surface area (TPSA) is 32.8 Å². The molecule has 4 nitrogen and oxygen atoms in total. The van der Waals surface area contributed by atoms with Crippen molar-refractivity contribution in [3.8, 4) is 0 Å². The lowest BCUT2D eigenvalue weighted by atomic mass is 10.1. The Labute approximate surface area is 126 Å². The van der Waals surface area contributed by atoms with E-state index in [0.29, 0.717) is 5.56 Å². The lowest BCUT2D eigenvalue weighted by Gasteiger charge is -2.34. The molecule has 1 aliphatic carbocycles. The summed E-state index contributed by atoms with van der Waals surface area (Å²) < 4.78 is 4.72. The van der Waals surface area contributed by atoms with Crippen molar-refractivity contribution in [2.24, 2.45) is 5.92 Å². The molecule has 0 spiro atoms. The SMILES string of the molecule is COC(=O)c1ccc(CN2CCN(CC3CC3)CC2)cc1. The van der Waals surface area contributed by atoms with Gasteiger partial charge in [0.2, 0.25) is 0 Å². The summed E-state index contributed by atoms with van der Waals surface area (Å²) in [6.45, 7) is 6.95. The minimum Gasteiger partial charge on any atom is -0.465 e. The van der Waals surface area contributed by atoms with Crippen molar-refractivity contribution in [1.82, 2.24) is 9.80 Å². The molecule has 0 atom stereocenters. The number of esters is 1. The fraction of sp³-hybridized carbons (Fsp3) is 0.588. The molecule has 3 rings (SSSR count). The number of carbonyl (C=O) groups excluding carboxylic acids is 1. The zero-order chi connectivity index (χ0) is 14.7. The summed E-state index contributed by atoms with van der Waals surface area (Å²) >= 11 is 0. The molecule has 0 amide bonds. The molecule has 1 aromatic carbocycles. The fourth-order valence-corrected chi connectivity index (χ4v) is 2.92. The number of hydrogen-bond acceptors (Lipinski definition) is 4. The van der Waals surface area contributed by atoms with E-state index in [-0.39, 0.29) is 5.97 Å². The van der Waals surface area contributed by atoms with Crippen molar-refractivity contribution in [1.29, 1.82) is 0 Å². The quantitative estimate of drug-likeness (QED) is 0.776. The van der Waals surface area contributed by atoms with E-state index >= 15 is 0 Å². The van der Waals surface area contributed by atoms with Crippen LogP contribution in [0.4, 0.5) is 0 Å². The predicted molar refractivity (Wildman–Crippen MR) is 82.2 cm³/mol. The standard InChI is InChI=1S/C17H24N2O2/c1-21-17(20)16-6-4-15(5-7-16)13-19-10-8-18(9-11-19)12-14-2-3-14/h4-7,14H,2-3,8-13H2,1H3. The maximum absolute atomic E-state index is 11.4. The Bertz CT molecular complexity index is 474. The maximum Gasteiger partial charge on any atom is 0.337 e. The van der Waals surface area contributed by atoms with Crippen molar-refractivity contribution in [3.63, 3.8) is 0 Å². The number of methoxy groups -OCH3 is 1. The second-order valence-corrected chi connectivity index (χ2v) is 6.21. The minimum atomic E-state index is -0.268. The number of benzene rings is 1. The second kappa shape index (κ2) is 6.58. The highest BCUT2D eigenvalue weighted by atomic mass is 16.5. The third-order valence-corrected chi connectivity index (χ3v) is 4.46. The molecule has 0 unspecified atom stereocenters. The predicted octanol–water partition coefficient (Wildman–Crippen LogP) is 2.00. The normalized spacial score (nSPS) is 20.4. The third kappa shape index (κ3) is 4.05. The van der Waals surface area contributed by atoms with Gasteiger partial charge >= 0.3 is 5.97 Å². The van der Waals surface area contributed by atoms with E-state index in [9.17, 15) is 4.79 Å². The monoisotopic (exact) mass is 288 g/mol. The summed E-state index contributed by atoms with van der Waals surface area (Å²) in [7, 11) is 1.41. The molecule has 4 heteroatoms. The minimum absolute atomic E-state index is 0.268. The Morgan fingerprint density at radius 1 is 1.10 bits per heavy atom. The number of nitrogens with zero attached hydrogens (tertiary/aromatic N) is 2. The van der Waals surface area contributed by atoms with Crippen LogP contribution in [-0.4, -0.2) is 55.6 Å². The smallest absolute Gasteiger partial charge is 0.337 e. The number of piperazine rings is 1. The molecule has 1 saturated heterocycles. The fourth-order valence-electron chi connectivity index (χ4n) is 2.92. The van der Waals surface area contributed by atoms with E-state index in [1.807, 2.05) is 24.3 Å². The van der Waals surface area contributed by atoms with E-state index in [0.717, 1.165) is 25.6 Å². The molecule has 0 N–H and O–H groups in total. The van der Waals surface area contributed by atoms with E-state index in [1.54, 1.807) is 0 Å². The molecule has 21 heavy (non-hydrogen) atoms. The van der Waals surface area contributed by atoms with Crippen LogP contribution in [0.3, 0.4) is 0 Å². The lowest BCUT2D eigenvalue weighted by Crippen LogP contribution is -2.46. The summed E-state index contributed by atoms with van der Waals surface area (Å²) in [4.78, 5) is 16.5. The highest BCUT2D eigenvalue weighted by molar-refractivity contribution is 5.89. The van der Waals surface area contributed by atoms with Gasteiger partial charge in [-0.3, -0.25) is 4.90 Å². The van der Waals surface area contributed by atoms with Gasteiger partial charge < -0.3 is 9.64 Å². The van der Waals surface area contributed by atoms with E-state index < -0.39 is 0 Å². The molecule has 114 valence electrons. The van der Waals surface area contributed by atoms with E-state index in [4.69, 9.17) is 4.74 Å². The van der Waals surface area contributed by atoms with E-state index in [1.165, 1.54) is 45.1 Å². The van der Waals surface area contributed by atoms with Crippen molar-refractivity contribution in [2.75, 3.05) is 39.8 Å². The Hall–Kier alpha value is -1.39. The molecule has 0 radical (unpaired) electrons. The van der Waals surface area contributed by atoms with Gasteiger partial charge in [0.05, 0.1) is 12.7 Å². The van der Waals surface area contributed by atoms with Gasteiger partial charge in [-0.1, -0.05) is 12.1 Å². The molecule has 1 heterocycles. The highest BCUT2D eigenvalue weighted by Gasteiger charge is 2.26. The third-order valence-electron chi connectivity index (χ3n) is 4.46. The molecule has 1 aliphatic heterocycles. The van der Waals surface area contributed by atoms with E-state index in [2.05, 4.69) is 9.80 Å². The average Bonchev–Trinajstić information content (AvgIpc) is 3.33. The molecular formula is C17H24N2O2. The van der Waals surface area contributed by atoms with Gasteiger partial charge in [0.15, 0.2) is 0 Å². The Morgan fingerprint density at radius 3 is 2.29 bits per heavy atom. The van der Waals surface area contributed by atoms with Gasteiger partial charge in [-0.05, 0) is 36.5 Å². The molecule has 0 aromatic heterocycles. The van der Waals surface area contributed by atoms with Crippen LogP contribution in [0.5, 0.6) is 0 Å². The van der Waals surface area contributed by atoms with Gasteiger partial charge in [-0.2, -0.15) is 0 Å². The van der Waals surface area contributed by atoms with Crippen molar-refractivity contribution < 1.29 is 9.53 Å².